The molecule has 3 atom stereocenters. The van der Waals surface area contributed by atoms with E-state index in [0.29, 0.717) is 19.6 Å². The second-order valence-electron chi connectivity index (χ2n) is 6.44. The molecule has 0 radical (unpaired) electrons. The fourth-order valence-corrected chi connectivity index (χ4v) is 4.31. The molecule has 1 N–H and O–H groups in total. The van der Waals surface area contributed by atoms with Crippen LogP contribution >= 0.6 is 0 Å². The molecule has 20 heavy (non-hydrogen) atoms. The molecule has 3 heterocycles. The van der Waals surface area contributed by atoms with Gasteiger partial charge in [-0.2, -0.15) is 0 Å². The number of carbonyl (C=O) groups is 1. The number of hydrogen-bond acceptors (Lipinski definition) is 4. The largest absolute Gasteiger partial charge is 0.481 e. The second-order valence-corrected chi connectivity index (χ2v) is 6.44. The molecule has 0 aromatic carbocycles. The summed E-state index contributed by atoms with van der Waals surface area (Å²) < 4.78 is 17.1. The molecule has 0 aromatic rings. The Bertz CT molecular complexity index is 371. The molecule has 1 spiro atoms. The van der Waals surface area contributed by atoms with Crippen LogP contribution in [0.3, 0.4) is 0 Å². The van der Waals surface area contributed by atoms with Crippen molar-refractivity contribution < 1.29 is 24.1 Å². The summed E-state index contributed by atoms with van der Waals surface area (Å²) in [5.74, 6) is -0.555. The van der Waals surface area contributed by atoms with Crippen molar-refractivity contribution in [3.63, 3.8) is 0 Å². The molecular formula is C15H24O5. The van der Waals surface area contributed by atoms with E-state index in [1.54, 1.807) is 0 Å². The van der Waals surface area contributed by atoms with E-state index in [2.05, 4.69) is 0 Å². The Morgan fingerprint density at radius 1 is 1.15 bits per heavy atom. The zero-order valence-corrected chi connectivity index (χ0v) is 12.1. The molecule has 3 aliphatic rings. The third-order valence-electron chi connectivity index (χ3n) is 5.63. The Morgan fingerprint density at radius 2 is 1.90 bits per heavy atom. The third kappa shape index (κ3) is 2.16. The van der Waals surface area contributed by atoms with Crippen LogP contribution in [0, 0.1) is 11.3 Å². The zero-order chi connectivity index (χ0) is 14.2. The first-order valence-electron chi connectivity index (χ1n) is 7.66. The first kappa shape index (κ1) is 14.3. The Balaban J connectivity index is 1.83. The van der Waals surface area contributed by atoms with Gasteiger partial charge in [-0.15, -0.1) is 0 Å². The van der Waals surface area contributed by atoms with Crippen LogP contribution in [0.1, 0.15) is 39.0 Å². The van der Waals surface area contributed by atoms with E-state index >= 15 is 0 Å². The third-order valence-corrected chi connectivity index (χ3v) is 5.63. The number of carboxylic acids is 1. The first-order chi connectivity index (χ1) is 9.59. The van der Waals surface area contributed by atoms with Gasteiger partial charge in [-0.05, 0) is 44.9 Å². The van der Waals surface area contributed by atoms with Crippen molar-refractivity contribution in [2.75, 3.05) is 26.4 Å². The van der Waals surface area contributed by atoms with Gasteiger partial charge in [0, 0.05) is 26.4 Å². The van der Waals surface area contributed by atoms with Crippen LogP contribution in [0.4, 0.5) is 0 Å². The maximum Gasteiger partial charge on any atom is 0.312 e. The number of hydrogen-bond donors (Lipinski definition) is 1. The van der Waals surface area contributed by atoms with E-state index in [4.69, 9.17) is 14.2 Å². The van der Waals surface area contributed by atoms with Gasteiger partial charge in [-0.25, -0.2) is 0 Å². The molecule has 5 nitrogen and oxygen atoms in total. The van der Waals surface area contributed by atoms with Crippen LogP contribution in [0.25, 0.3) is 0 Å². The van der Waals surface area contributed by atoms with E-state index in [1.807, 2.05) is 6.92 Å². The minimum absolute atomic E-state index is 0.143. The average Bonchev–Trinajstić information content (AvgIpc) is 2.82. The van der Waals surface area contributed by atoms with E-state index in [0.717, 1.165) is 38.9 Å². The Kier molecular flexibility index (Phi) is 3.77. The topological polar surface area (TPSA) is 65.0 Å². The van der Waals surface area contributed by atoms with Crippen LogP contribution in [-0.2, 0) is 19.0 Å². The zero-order valence-electron chi connectivity index (χ0n) is 12.1. The Labute approximate surface area is 119 Å². The maximum absolute atomic E-state index is 12.0. The number of aliphatic carboxylic acids is 1. The molecule has 0 bridgehead atoms. The lowest BCUT2D eigenvalue weighted by molar-refractivity contribution is -0.181. The molecule has 0 saturated carbocycles. The second kappa shape index (κ2) is 5.28. The predicted molar refractivity (Wildman–Crippen MR) is 71.6 cm³/mol. The van der Waals surface area contributed by atoms with E-state index < -0.39 is 11.4 Å². The van der Waals surface area contributed by atoms with Crippen LogP contribution in [0.5, 0.6) is 0 Å². The van der Waals surface area contributed by atoms with Gasteiger partial charge >= 0.3 is 5.97 Å². The Hall–Kier alpha value is -0.650. The normalized spacial score (nSPS) is 40.9. The summed E-state index contributed by atoms with van der Waals surface area (Å²) in [5.41, 5.74) is -0.888. The lowest BCUT2D eigenvalue weighted by Crippen LogP contribution is -2.52. The molecule has 3 unspecified atom stereocenters. The molecule has 114 valence electrons. The summed E-state index contributed by atoms with van der Waals surface area (Å²) in [5, 5.41) is 9.83. The summed E-state index contributed by atoms with van der Waals surface area (Å²) in [6, 6.07) is 0. The van der Waals surface area contributed by atoms with Crippen molar-refractivity contribution >= 4 is 5.97 Å². The molecule has 0 aliphatic carbocycles. The fraction of sp³-hybridized carbons (Fsp3) is 0.933. The minimum Gasteiger partial charge on any atom is -0.481 e. The molecule has 3 fully saturated rings. The van der Waals surface area contributed by atoms with Gasteiger partial charge in [0.25, 0.3) is 0 Å². The van der Waals surface area contributed by atoms with Gasteiger partial charge in [0.2, 0.25) is 0 Å². The van der Waals surface area contributed by atoms with Crippen molar-refractivity contribution in [2.24, 2.45) is 11.3 Å². The van der Waals surface area contributed by atoms with Crippen molar-refractivity contribution in [1.82, 2.24) is 0 Å². The highest BCUT2D eigenvalue weighted by Gasteiger charge is 2.56. The molecule has 5 heteroatoms. The lowest BCUT2D eigenvalue weighted by Gasteiger charge is -2.48. The summed E-state index contributed by atoms with van der Waals surface area (Å²) in [7, 11) is 0. The highest BCUT2D eigenvalue weighted by atomic mass is 16.5. The maximum atomic E-state index is 12.0. The molecule has 0 aromatic heterocycles. The summed E-state index contributed by atoms with van der Waals surface area (Å²) in [4.78, 5) is 12.0. The number of rotatable bonds is 2. The lowest BCUT2D eigenvalue weighted by atomic mass is 9.64. The van der Waals surface area contributed by atoms with Gasteiger partial charge in [0.1, 0.15) is 0 Å². The summed E-state index contributed by atoms with van der Waals surface area (Å²) >= 11 is 0. The fourth-order valence-electron chi connectivity index (χ4n) is 4.31. The van der Waals surface area contributed by atoms with Crippen LogP contribution < -0.4 is 0 Å². The highest BCUT2D eigenvalue weighted by molar-refractivity contribution is 5.76. The average molecular weight is 284 g/mol. The van der Waals surface area contributed by atoms with E-state index in [-0.39, 0.29) is 17.6 Å². The standard InChI is InChI=1S/C15H24O5/c1-11-15(13(16)17,5-9-19-11)12-2-6-20-14(10-12)3-7-18-8-4-14/h11-12H,2-10H2,1H3,(H,16,17). The van der Waals surface area contributed by atoms with E-state index in [9.17, 15) is 9.90 Å². The monoisotopic (exact) mass is 284 g/mol. The molecule has 3 saturated heterocycles. The van der Waals surface area contributed by atoms with Gasteiger partial charge in [-0.1, -0.05) is 0 Å². The van der Waals surface area contributed by atoms with Crippen molar-refractivity contribution in [2.45, 2.75) is 50.7 Å². The molecule has 3 rings (SSSR count). The molecule has 0 amide bonds. The predicted octanol–water partition coefficient (Wildman–Crippen LogP) is 1.84. The number of ether oxygens (including phenoxy) is 3. The minimum atomic E-state index is -0.727. The van der Waals surface area contributed by atoms with Gasteiger partial charge < -0.3 is 19.3 Å². The van der Waals surface area contributed by atoms with Crippen molar-refractivity contribution in [3.8, 4) is 0 Å². The molecular weight excluding hydrogens is 260 g/mol. The van der Waals surface area contributed by atoms with Gasteiger partial charge in [0.15, 0.2) is 0 Å². The smallest absolute Gasteiger partial charge is 0.312 e. The van der Waals surface area contributed by atoms with Gasteiger partial charge in [0.05, 0.1) is 17.1 Å². The quantitative estimate of drug-likeness (QED) is 0.838. The van der Waals surface area contributed by atoms with Crippen molar-refractivity contribution in [3.05, 3.63) is 0 Å². The summed E-state index contributed by atoms with van der Waals surface area (Å²) in [6.45, 7) is 4.57. The first-order valence-corrected chi connectivity index (χ1v) is 7.66. The SMILES string of the molecule is CC1OCCC1(C(=O)O)C1CCOC2(CCOCC2)C1. The Morgan fingerprint density at radius 3 is 2.50 bits per heavy atom. The number of carboxylic acid groups (broad SMARTS) is 1. The van der Waals surface area contributed by atoms with Crippen LogP contribution in [-0.4, -0.2) is 49.2 Å². The van der Waals surface area contributed by atoms with Crippen LogP contribution in [0.15, 0.2) is 0 Å². The van der Waals surface area contributed by atoms with Gasteiger partial charge in [-0.3, -0.25) is 4.79 Å². The summed E-state index contributed by atoms with van der Waals surface area (Å²) in [6.07, 6.45) is 3.84. The van der Waals surface area contributed by atoms with E-state index in [1.165, 1.54) is 0 Å². The highest BCUT2D eigenvalue weighted by Crippen LogP contribution is 2.50. The van der Waals surface area contributed by atoms with Crippen LogP contribution in [0.2, 0.25) is 0 Å². The van der Waals surface area contributed by atoms with Crippen molar-refractivity contribution in [1.29, 1.82) is 0 Å². The molecule has 3 aliphatic heterocycles.